The van der Waals surface area contributed by atoms with E-state index in [9.17, 15) is 44.7 Å². The van der Waals surface area contributed by atoms with E-state index in [1.165, 1.54) is 54.6 Å². The third kappa shape index (κ3) is 24.5. The van der Waals surface area contributed by atoms with Crippen LogP contribution in [0.1, 0.15) is 79.3 Å². The van der Waals surface area contributed by atoms with Gasteiger partial charge in [-0.05, 0) is 105 Å². The van der Waals surface area contributed by atoms with E-state index in [0.717, 1.165) is 26.7 Å². The van der Waals surface area contributed by atoms with Gasteiger partial charge in [0.25, 0.3) is 17.1 Å². The van der Waals surface area contributed by atoms with E-state index < -0.39 is 43.1 Å². The van der Waals surface area contributed by atoms with Crippen LogP contribution in [0.5, 0.6) is 0 Å². The zero-order valence-corrected chi connectivity index (χ0v) is 37.0. The highest BCUT2D eigenvalue weighted by Crippen LogP contribution is 2.24. The van der Waals surface area contributed by atoms with Crippen molar-refractivity contribution in [3.8, 4) is 6.07 Å². The molecule has 5 aromatic rings. The second-order valence-electron chi connectivity index (χ2n) is 12.6. The number of hydrogen-bond acceptors (Lipinski definition) is 15. The zero-order valence-electron chi connectivity index (χ0n) is 34.6. The van der Waals surface area contributed by atoms with Crippen molar-refractivity contribution in [1.29, 1.82) is 5.26 Å². The first-order chi connectivity index (χ1) is 29.4. The minimum Gasteiger partial charge on any atom is -0.478 e. The highest BCUT2D eigenvalue weighted by Gasteiger charge is 2.19. The Kier molecular flexibility index (Phi) is 29.5. The fraction of sp³-hybridized carbons (Fsp3) is 0.171. The topological polar surface area (TPSA) is 449 Å². The number of carbonyl (C=O) groups is 3. The van der Waals surface area contributed by atoms with Crippen molar-refractivity contribution in [3.63, 3.8) is 0 Å². The summed E-state index contributed by atoms with van der Waals surface area (Å²) < 4.78 is 32.3. The van der Waals surface area contributed by atoms with Gasteiger partial charge in [-0.15, -0.1) is 0 Å². The van der Waals surface area contributed by atoms with Gasteiger partial charge in [0.1, 0.15) is 22.9 Å². The van der Waals surface area contributed by atoms with Gasteiger partial charge in [-0.3, -0.25) is 39.4 Å². The smallest absolute Gasteiger partial charge is 0.394 e. The summed E-state index contributed by atoms with van der Waals surface area (Å²) in [6.45, 7) is 8.91. The van der Waals surface area contributed by atoms with Crippen LogP contribution in [0.3, 0.4) is 0 Å². The summed E-state index contributed by atoms with van der Waals surface area (Å²) in [5.41, 5.74) is 20.9. The number of nitrogens with two attached hydrogens (primary N) is 3. The highest BCUT2D eigenvalue weighted by molar-refractivity contribution is 9.10. The van der Waals surface area contributed by atoms with E-state index in [1.807, 2.05) is 13.8 Å². The van der Waals surface area contributed by atoms with Crippen LogP contribution in [0.25, 0.3) is 0 Å². The predicted molar refractivity (Wildman–Crippen MR) is 254 cm³/mol. The van der Waals surface area contributed by atoms with E-state index in [0.29, 0.717) is 16.9 Å². The van der Waals surface area contributed by atoms with Crippen molar-refractivity contribution in [2.24, 2.45) is 0 Å². The lowest BCUT2D eigenvalue weighted by molar-refractivity contribution is -0.385. The first-order valence-electron chi connectivity index (χ1n) is 17.1. The summed E-state index contributed by atoms with van der Waals surface area (Å²) in [6.07, 6.45) is 0. The molecule has 0 radical (unpaired) electrons. The van der Waals surface area contributed by atoms with Crippen LogP contribution in [0.15, 0.2) is 89.4 Å². The quantitative estimate of drug-likeness (QED) is 0.0346. The van der Waals surface area contributed by atoms with Crippen molar-refractivity contribution in [3.05, 3.63) is 170 Å². The molecule has 0 saturated heterocycles. The van der Waals surface area contributed by atoms with Crippen molar-refractivity contribution in [2.45, 2.75) is 49.5 Å². The first kappa shape index (κ1) is 65.5. The lowest BCUT2D eigenvalue weighted by atomic mass is 10.1. The molecule has 5 aromatic carbocycles. The summed E-state index contributed by atoms with van der Waals surface area (Å²) >= 11 is 3.23. The number of nitriles is 1. The number of nitro groups is 3. The van der Waals surface area contributed by atoms with E-state index in [-0.39, 0.29) is 65.3 Å². The van der Waals surface area contributed by atoms with Crippen LogP contribution < -0.4 is 17.2 Å². The van der Waals surface area contributed by atoms with Crippen LogP contribution in [-0.4, -0.2) is 71.0 Å². The van der Waals surface area contributed by atoms with Gasteiger partial charge in [0, 0.05) is 34.0 Å². The van der Waals surface area contributed by atoms with Gasteiger partial charge < -0.3 is 38.0 Å². The average Bonchev–Trinajstić information content (AvgIpc) is 3.17. The van der Waals surface area contributed by atoms with Crippen LogP contribution in [0.2, 0.25) is 0 Å². The molecule has 0 unspecified atom stereocenters. The van der Waals surface area contributed by atoms with E-state index in [4.69, 9.17) is 55.3 Å². The van der Waals surface area contributed by atoms with Gasteiger partial charge in [-0.2, -0.15) is 13.7 Å². The molecule has 24 nitrogen and oxygen atoms in total. The number of hydrogen-bond donors (Lipinski definition) is 8. The Labute approximate surface area is 392 Å². The lowest BCUT2D eigenvalue weighted by Crippen LogP contribution is -2.02. The van der Waals surface area contributed by atoms with Gasteiger partial charge in [0.15, 0.2) is 0 Å². The normalized spacial score (nSPS) is 9.24. The number of aryl methyl sites for hydroxylation is 5. The number of nitrogens with zero attached hydrogens (tertiary/aromatic N) is 4. The minimum atomic E-state index is -4.67. The molecule has 0 atom stereocenters. The molecule has 0 aliphatic rings. The molecule has 0 fully saturated rings. The Morgan fingerprint density at radius 3 is 1.28 bits per heavy atom. The highest BCUT2D eigenvalue weighted by atomic mass is 79.9. The van der Waals surface area contributed by atoms with Gasteiger partial charge in [0.2, 0.25) is 0 Å². The number of nitro benzene ring substituents is 3. The molecule has 0 aliphatic carbocycles. The van der Waals surface area contributed by atoms with Crippen molar-refractivity contribution >= 4 is 78.4 Å². The van der Waals surface area contributed by atoms with E-state index in [2.05, 4.69) is 15.9 Å². The predicted octanol–water partition coefficient (Wildman–Crippen LogP) is 7.97. The SMILES string of the molecule is C.C.Cc1cc(N)c(C(=O)O)cc1Br.Cc1ccc(C#N)c([N+](=O)[O-])c1.Cc1ccc(C(=O)O)c(N)c1.Cc1ccc(C(=O)O)c([N+](=O)[O-])c1.Cc1ccc(N)c([N+](=O)[O-])c1.O.O=S(=O)(O)O. The molecule has 13 N–H and O–H groups in total. The number of rotatable bonds is 6. The molecule has 0 aliphatic heterocycles. The fourth-order valence-corrected chi connectivity index (χ4v) is 4.78. The maximum Gasteiger partial charge on any atom is 0.394 e. The lowest BCUT2D eigenvalue weighted by Gasteiger charge is -2.03. The maximum absolute atomic E-state index is 10.6. The zero-order chi connectivity index (χ0) is 49.8. The molecule has 0 saturated carbocycles. The molecular weight excluding hydrogens is 974 g/mol. The fourth-order valence-electron chi connectivity index (χ4n) is 4.44. The first-order valence-corrected chi connectivity index (χ1v) is 19.3. The van der Waals surface area contributed by atoms with Crippen LogP contribution in [-0.2, 0) is 10.4 Å². The van der Waals surface area contributed by atoms with Crippen LogP contribution in [0.4, 0.5) is 34.1 Å². The molecule has 0 bridgehead atoms. The summed E-state index contributed by atoms with van der Waals surface area (Å²) in [4.78, 5) is 60.9. The molecular formula is C41H50BrN7O17S. The Morgan fingerprint density at radius 2 is 0.910 bits per heavy atom. The van der Waals surface area contributed by atoms with Gasteiger partial charge in [-0.25, -0.2) is 14.4 Å². The number of benzene rings is 5. The second-order valence-corrected chi connectivity index (χ2v) is 14.4. The Bertz CT molecular complexity index is 2700. The number of carboxylic acids is 3. The number of nitrogen functional groups attached to an aromatic ring is 3. The van der Waals surface area contributed by atoms with Crippen LogP contribution >= 0.6 is 15.9 Å². The minimum absolute atomic E-state index is 0. The monoisotopic (exact) mass is 1020 g/mol. The maximum atomic E-state index is 10.6. The number of halogens is 1. The Morgan fingerprint density at radius 1 is 0.567 bits per heavy atom. The molecule has 5 rings (SSSR count). The third-order valence-corrected chi connectivity index (χ3v) is 8.29. The molecule has 0 amide bonds. The molecule has 26 heteroatoms. The third-order valence-electron chi connectivity index (χ3n) is 7.43. The summed E-state index contributed by atoms with van der Waals surface area (Å²) in [7, 11) is -4.67. The largest absolute Gasteiger partial charge is 0.478 e. The van der Waals surface area contributed by atoms with E-state index in [1.54, 1.807) is 57.2 Å². The van der Waals surface area contributed by atoms with Crippen LogP contribution in [0, 0.1) is 76.3 Å². The Hall–Kier alpha value is -8.09. The number of carboxylic acid groups (broad SMARTS) is 3. The molecule has 0 spiro atoms. The molecule has 0 aromatic heterocycles. The second kappa shape index (κ2) is 30.1. The van der Waals surface area contributed by atoms with Gasteiger partial charge in [0.05, 0.1) is 25.9 Å². The van der Waals surface area contributed by atoms with E-state index >= 15 is 0 Å². The Balaban J connectivity index is -0.000000357. The van der Waals surface area contributed by atoms with Gasteiger partial charge >= 0.3 is 28.3 Å². The number of anilines is 3. The van der Waals surface area contributed by atoms with Crippen molar-refractivity contribution in [1.82, 2.24) is 0 Å². The number of aromatic carboxylic acids is 3. The van der Waals surface area contributed by atoms with Crippen molar-refractivity contribution in [2.75, 3.05) is 17.2 Å². The average molecular weight is 1020 g/mol. The molecule has 67 heavy (non-hydrogen) atoms. The summed E-state index contributed by atoms with van der Waals surface area (Å²) in [5.74, 6) is -3.28. The summed E-state index contributed by atoms with van der Waals surface area (Å²) in [5, 5.41) is 65.5. The molecule has 0 heterocycles. The van der Waals surface area contributed by atoms with Gasteiger partial charge in [-0.1, -0.05) is 55.0 Å². The summed E-state index contributed by atoms with van der Waals surface area (Å²) in [6, 6.07) is 23.0. The molecule has 364 valence electrons. The standard InChI is InChI=1S/C8H8BrNO2.C8H6N2O2.C8H7NO4.C8H9NO2.C7H8N2O2.2CH4.H2O4S.H2O/c1-4-2-7(10)5(8(11)12)3-6(4)9;1-6-2-3-7(5-9)8(4-6)10(11)12;1-5-2-3-6(8(10)11)7(4-5)9(12)13;1-5-2-3-6(8(10)11)7(9)4-5;1-5-2-3-6(8)7(4-5)9(10)11;;;1-5(2,3)4;/h2-3H,10H2,1H3,(H,11,12);2-4H,1H3;2-4H,1H3,(H,10,11);2-4H,9H2,1H3,(H,10,11);2-4H,8H2,1H3;2*1H4;(H2,1,2,3,4);1H2. The van der Waals surface area contributed by atoms with Crippen molar-refractivity contribution < 1.29 is 67.5 Å².